The standard InChI is InChI=1S/C79H144O17P2/c1-5-9-13-17-21-25-29-33-36-40-43-47-51-55-59-63-76(81)89-69-74(95-78(83)65-61-57-53-49-45-39-32-28-24-20-16-12-8-4)71-93-97(85,86)91-67-73(80)68-92-98(87,88)94-72-75(96-79(84)66-62-58-54-50-46-42-38-35-31-27-23-19-15-11-7-3)70-90-77(82)64-60-56-52-48-44-41-37-34-30-26-22-18-14-10-6-2/h21,25-26,30,33-38,73-75,80H,5-20,22-24,27-29,31-32,39-72H2,1-4H3,(H,85,86)(H,87,88)/b25-21-,30-26-,36-33-,37-34-,38-35-/t73-,74-,75-/m1/s1. The van der Waals surface area contributed by atoms with Crippen molar-refractivity contribution in [3.05, 3.63) is 60.8 Å². The Hall–Kier alpha value is -3.24. The highest BCUT2D eigenvalue weighted by Gasteiger charge is 2.30. The number of aliphatic hydroxyl groups is 1. The molecule has 2 unspecified atom stereocenters. The van der Waals surface area contributed by atoms with Gasteiger partial charge in [-0.25, -0.2) is 9.13 Å². The third-order valence-electron chi connectivity index (χ3n) is 17.0. The number of phosphoric acid groups is 2. The molecular weight excluding hydrogens is 1280 g/mol. The normalized spacial score (nSPS) is 14.2. The van der Waals surface area contributed by atoms with Crippen molar-refractivity contribution in [3.8, 4) is 0 Å². The first-order valence-corrected chi connectivity index (χ1v) is 42.5. The van der Waals surface area contributed by atoms with Crippen LogP contribution < -0.4 is 0 Å². The molecule has 0 spiro atoms. The lowest BCUT2D eigenvalue weighted by Crippen LogP contribution is -2.30. The molecule has 0 aromatic carbocycles. The van der Waals surface area contributed by atoms with Gasteiger partial charge in [0.05, 0.1) is 26.4 Å². The first-order valence-electron chi connectivity index (χ1n) is 39.5. The second kappa shape index (κ2) is 72.1. The van der Waals surface area contributed by atoms with Gasteiger partial charge in [-0.05, 0) is 109 Å². The molecule has 572 valence electrons. The lowest BCUT2D eigenvalue weighted by molar-refractivity contribution is -0.161. The number of phosphoric ester groups is 2. The van der Waals surface area contributed by atoms with Crippen LogP contribution >= 0.6 is 15.6 Å². The van der Waals surface area contributed by atoms with Crippen LogP contribution in [-0.4, -0.2) is 96.7 Å². The van der Waals surface area contributed by atoms with E-state index in [0.29, 0.717) is 25.7 Å². The SMILES string of the molecule is CCCCC/C=C\C/C=C\CCCCCCCC(=O)OC[C@H](COP(=O)(O)OC[C@@H](O)COP(=O)(O)OC[C@@H](COC(=O)CCCCCCC/C=C\C=C/CCCCCC)OC(=O)CCCCCCC/C=C\CCCCCCCC)OC(=O)CCCCCCCCCCCCCCC. The Morgan fingerprint density at radius 2 is 0.531 bits per heavy atom. The molecule has 3 N–H and O–H groups in total. The number of carbonyl (C=O) groups is 4. The zero-order valence-corrected chi connectivity index (χ0v) is 64.3. The average Bonchev–Trinajstić information content (AvgIpc) is 0.959. The highest BCUT2D eigenvalue weighted by atomic mass is 31.2. The van der Waals surface area contributed by atoms with Crippen LogP contribution in [0.3, 0.4) is 0 Å². The van der Waals surface area contributed by atoms with E-state index in [-0.39, 0.29) is 25.7 Å². The van der Waals surface area contributed by atoms with E-state index >= 15 is 0 Å². The van der Waals surface area contributed by atoms with Crippen LogP contribution in [0.2, 0.25) is 0 Å². The molecule has 0 rings (SSSR count). The molecule has 0 aliphatic carbocycles. The van der Waals surface area contributed by atoms with Gasteiger partial charge < -0.3 is 33.8 Å². The molecule has 0 aliphatic rings. The van der Waals surface area contributed by atoms with E-state index in [1.807, 2.05) is 0 Å². The quantitative estimate of drug-likeness (QED) is 0.0128. The molecule has 98 heavy (non-hydrogen) atoms. The van der Waals surface area contributed by atoms with E-state index in [1.165, 1.54) is 135 Å². The molecule has 0 aromatic rings. The van der Waals surface area contributed by atoms with Gasteiger partial charge in [0.15, 0.2) is 12.2 Å². The first kappa shape index (κ1) is 94.8. The summed E-state index contributed by atoms with van der Waals surface area (Å²) in [5, 5.41) is 10.6. The molecule has 0 heterocycles. The fourth-order valence-corrected chi connectivity index (χ4v) is 12.5. The van der Waals surface area contributed by atoms with Crippen LogP contribution in [-0.2, 0) is 65.4 Å². The molecule has 19 heteroatoms. The number of esters is 4. The van der Waals surface area contributed by atoms with Crippen molar-refractivity contribution in [1.82, 2.24) is 0 Å². The van der Waals surface area contributed by atoms with Crippen molar-refractivity contribution in [1.29, 1.82) is 0 Å². The summed E-state index contributed by atoms with van der Waals surface area (Å²) in [7, 11) is -9.94. The Labute approximate surface area is 597 Å². The van der Waals surface area contributed by atoms with E-state index in [0.717, 1.165) is 148 Å². The van der Waals surface area contributed by atoms with Crippen LogP contribution in [0.1, 0.15) is 362 Å². The van der Waals surface area contributed by atoms with E-state index in [2.05, 4.69) is 88.5 Å². The molecule has 0 aliphatic heterocycles. The molecule has 0 fully saturated rings. The van der Waals surface area contributed by atoms with Gasteiger partial charge >= 0.3 is 39.5 Å². The third kappa shape index (κ3) is 71.2. The first-order chi connectivity index (χ1) is 47.7. The van der Waals surface area contributed by atoms with E-state index < -0.39 is 97.5 Å². The second-order valence-electron chi connectivity index (χ2n) is 26.7. The highest BCUT2D eigenvalue weighted by Crippen LogP contribution is 2.45. The third-order valence-corrected chi connectivity index (χ3v) is 18.9. The fraction of sp³-hybridized carbons (Fsp3) is 0.823. The largest absolute Gasteiger partial charge is 0.472 e. The van der Waals surface area contributed by atoms with Crippen LogP contribution in [0.4, 0.5) is 0 Å². The predicted octanol–water partition coefficient (Wildman–Crippen LogP) is 22.7. The Morgan fingerprint density at radius 1 is 0.296 bits per heavy atom. The molecule has 0 radical (unpaired) electrons. The topological polar surface area (TPSA) is 237 Å². The minimum absolute atomic E-state index is 0.0854. The van der Waals surface area contributed by atoms with Crippen molar-refractivity contribution in [2.24, 2.45) is 0 Å². The molecular formula is C79H144O17P2. The monoisotopic (exact) mass is 1430 g/mol. The fourth-order valence-electron chi connectivity index (χ4n) is 10.9. The number of aliphatic hydroxyl groups excluding tert-OH is 1. The lowest BCUT2D eigenvalue weighted by Gasteiger charge is -2.21. The summed E-state index contributed by atoms with van der Waals surface area (Å²) < 4.78 is 68.5. The van der Waals surface area contributed by atoms with Gasteiger partial charge in [0.25, 0.3) is 0 Å². The molecule has 5 atom stereocenters. The molecule has 0 bridgehead atoms. The Balaban J connectivity index is 5.34. The van der Waals surface area contributed by atoms with E-state index in [4.69, 9.17) is 37.0 Å². The predicted molar refractivity (Wildman–Crippen MR) is 400 cm³/mol. The Bertz CT molecular complexity index is 2100. The van der Waals surface area contributed by atoms with E-state index in [1.54, 1.807) is 0 Å². The van der Waals surface area contributed by atoms with Crippen molar-refractivity contribution in [3.63, 3.8) is 0 Å². The molecule has 17 nitrogen and oxygen atoms in total. The van der Waals surface area contributed by atoms with Gasteiger partial charge in [0.2, 0.25) is 0 Å². The maximum Gasteiger partial charge on any atom is 0.472 e. The average molecular weight is 1430 g/mol. The summed E-state index contributed by atoms with van der Waals surface area (Å²) in [6.07, 6.45) is 70.5. The van der Waals surface area contributed by atoms with Crippen LogP contribution in [0, 0.1) is 0 Å². The van der Waals surface area contributed by atoms with Gasteiger partial charge in [-0.15, -0.1) is 0 Å². The minimum atomic E-state index is -4.97. The van der Waals surface area contributed by atoms with Crippen LogP contribution in [0.5, 0.6) is 0 Å². The summed E-state index contributed by atoms with van der Waals surface area (Å²) in [5.74, 6) is -2.18. The number of rotatable bonds is 75. The number of carbonyl (C=O) groups excluding carboxylic acids is 4. The number of hydrogen-bond donors (Lipinski definition) is 3. The highest BCUT2D eigenvalue weighted by molar-refractivity contribution is 7.47. The molecule has 0 amide bonds. The molecule has 0 saturated carbocycles. The van der Waals surface area contributed by atoms with Gasteiger partial charge in [-0.3, -0.25) is 37.3 Å². The van der Waals surface area contributed by atoms with Crippen molar-refractivity contribution >= 4 is 39.5 Å². The smallest absolute Gasteiger partial charge is 0.462 e. The van der Waals surface area contributed by atoms with Gasteiger partial charge in [0.1, 0.15) is 19.3 Å². The summed E-state index contributed by atoms with van der Waals surface area (Å²) in [6.45, 7) is 4.84. The number of allylic oxidation sites excluding steroid dienone is 10. The van der Waals surface area contributed by atoms with Crippen molar-refractivity contribution in [2.45, 2.75) is 380 Å². The molecule has 0 saturated heterocycles. The number of unbranched alkanes of at least 4 members (excludes halogenated alkanes) is 40. The molecule has 0 aromatic heterocycles. The number of hydrogen-bond acceptors (Lipinski definition) is 15. The van der Waals surface area contributed by atoms with Gasteiger partial charge in [0, 0.05) is 25.7 Å². The summed E-state index contributed by atoms with van der Waals surface area (Å²) in [5.41, 5.74) is 0. The Morgan fingerprint density at radius 3 is 0.857 bits per heavy atom. The van der Waals surface area contributed by atoms with Crippen LogP contribution in [0.15, 0.2) is 60.8 Å². The Kier molecular flexibility index (Phi) is 69.7. The summed E-state index contributed by atoms with van der Waals surface area (Å²) in [4.78, 5) is 72.9. The summed E-state index contributed by atoms with van der Waals surface area (Å²) >= 11 is 0. The van der Waals surface area contributed by atoms with Gasteiger partial charge in [-0.1, -0.05) is 288 Å². The van der Waals surface area contributed by atoms with Crippen molar-refractivity contribution < 1.29 is 80.2 Å². The van der Waals surface area contributed by atoms with Crippen molar-refractivity contribution in [2.75, 3.05) is 39.6 Å². The summed E-state index contributed by atoms with van der Waals surface area (Å²) in [6, 6.07) is 0. The van der Waals surface area contributed by atoms with Gasteiger partial charge in [-0.2, -0.15) is 0 Å². The minimum Gasteiger partial charge on any atom is -0.462 e. The maximum absolute atomic E-state index is 13.1. The zero-order chi connectivity index (χ0) is 71.8. The number of ether oxygens (including phenoxy) is 4. The lowest BCUT2D eigenvalue weighted by atomic mass is 10.0. The second-order valence-corrected chi connectivity index (χ2v) is 29.6. The van der Waals surface area contributed by atoms with E-state index in [9.17, 15) is 43.2 Å². The maximum atomic E-state index is 13.1. The zero-order valence-electron chi connectivity index (χ0n) is 62.5. The van der Waals surface area contributed by atoms with Crippen LogP contribution in [0.25, 0.3) is 0 Å².